The number of pyridine rings is 1. The zero-order valence-electron chi connectivity index (χ0n) is 20.1. The SMILES string of the molecule is COCCO[C@@H]1c2ccn3c(C)c(C)nc3c2N[C@H](c2ccccc2)[C@H]1OC(=O)c1ccccc1. The van der Waals surface area contributed by atoms with Gasteiger partial charge in [-0.1, -0.05) is 48.5 Å². The maximum atomic E-state index is 13.2. The van der Waals surface area contributed by atoms with E-state index in [1.807, 2.05) is 67.7 Å². The highest BCUT2D eigenvalue weighted by molar-refractivity contribution is 5.89. The van der Waals surface area contributed by atoms with E-state index in [0.29, 0.717) is 18.8 Å². The molecule has 180 valence electrons. The Kier molecular flexibility index (Phi) is 6.53. The molecule has 7 nitrogen and oxygen atoms in total. The highest BCUT2D eigenvalue weighted by Gasteiger charge is 2.42. The summed E-state index contributed by atoms with van der Waals surface area (Å²) in [6.45, 7) is 4.84. The van der Waals surface area contributed by atoms with Crippen LogP contribution < -0.4 is 5.32 Å². The molecule has 0 fully saturated rings. The smallest absolute Gasteiger partial charge is 0.338 e. The Morgan fingerprint density at radius 1 is 1.00 bits per heavy atom. The molecule has 4 aromatic rings. The van der Waals surface area contributed by atoms with Crippen molar-refractivity contribution in [1.29, 1.82) is 0 Å². The number of benzene rings is 2. The van der Waals surface area contributed by atoms with Gasteiger partial charge in [-0.25, -0.2) is 9.78 Å². The average Bonchev–Trinajstić information content (AvgIpc) is 3.19. The standard InChI is InChI=1S/C28H29N3O4/c1-18-19(2)31-15-14-22-24(27(31)29-18)30-23(20-10-6-4-7-11-20)26(25(22)34-17-16-33-3)35-28(32)21-12-8-5-9-13-21/h4-15,23,25-26,30H,16-17H2,1-3H3/t23-,25-,26-/m1/s1. The largest absolute Gasteiger partial charge is 0.453 e. The van der Waals surface area contributed by atoms with Gasteiger partial charge < -0.3 is 23.9 Å². The van der Waals surface area contributed by atoms with E-state index >= 15 is 0 Å². The van der Waals surface area contributed by atoms with E-state index in [9.17, 15) is 4.79 Å². The van der Waals surface area contributed by atoms with Gasteiger partial charge in [-0.15, -0.1) is 0 Å². The molecule has 2 aromatic carbocycles. The first-order valence-corrected chi connectivity index (χ1v) is 11.7. The van der Waals surface area contributed by atoms with Gasteiger partial charge in [0, 0.05) is 24.6 Å². The lowest BCUT2D eigenvalue weighted by Gasteiger charge is -2.40. The number of nitrogens with zero attached hydrogens (tertiary/aromatic N) is 2. The maximum Gasteiger partial charge on any atom is 0.338 e. The number of rotatable bonds is 7. The van der Waals surface area contributed by atoms with Gasteiger partial charge in [0.1, 0.15) is 6.10 Å². The van der Waals surface area contributed by atoms with Crippen LogP contribution in [0.4, 0.5) is 5.69 Å². The Labute approximate surface area is 204 Å². The molecule has 3 heterocycles. The number of imidazole rings is 1. The molecule has 1 aliphatic heterocycles. The number of ether oxygens (including phenoxy) is 3. The van der Waals surface area contributed by atoms with Crippen LogP contribution in [-0.4, -0.2) is 41.8 Å². The molecule has 1 aliphatic rings. The van der Waals surface area contributed by atoms with Gasteiger partial charge in [-0.2, -0.15) is 0 Å². The zero-order chi connectivity index (χ0) is 24.4. The first-order valence-electron chi connectivity index (χ1n) is 11.7. The molecule has 0 radical (unpaired) electrons. The van der Waals surface area contributed by atoms with Crippen LogP contribution in [0.2, 0.25) is 0 Å². The number of hydrogen-bond acceptors (Lipinski definition) is 6. The fraction of sp³-hybridized carbons (Fsp3) is 0.286. The van der Waals surface area contributed by atoms with Crippen LogP contribution in [0.3, 0.4) is 0 Å². The van der Waals surface area contributed by atoms with Crippen molar-refractivity contribution in [2.24, 2.45) is 0 Å². The van der Waals surface area contributed by atoms with Crippen molar-refractivity contribution >= 4 is 17.3 Å². The van der Waals surface area contributed by atoms with Gasteiger partial charge in [0.15, 0.2) is 11.8 Å². The molecule has 5 rings (SSSR count). The third kappa shape index (κ3) is 4.40. The molecular formula is C28H29N3O4. The van der Waals surface area contributed by atoms with E-state index in [2.05, 4.69) is 16.6 Å². The molecule has 0 bridgehead atoms. The molecule has 2 aromatic heterocycles. The first-order chi connectivity index (χ1) is 17.1. The Balaban J connectivity index is 1.63. The van der Waals surface area contributed by atoms with E-state index in [0.717, 1.165) is 33.8 Å². The van der Waals surface area contributed by atoms with Crippen LogP contribution in [0.5, 0.6) is 0 Å². The van der Waals surface area contributed by atoms with Crippen molar-refractivity contribution < 1.29 is 19.0 Å². The predicted molar refractivity (Wildman–Crippen MR) is 134 cm³/mol. The third-order valence-corrected chi connectivity index (χ3v) is 6.53. The summed E-state index contributed by atoms with van der Waals surface area (Å²) in [6, 6.07) is 20.7. The predicted octanol–water partition coefficient (Wildman–Crippen LogP) is 5.05. The summed E-state index contributed by atoms with van der Waals surface area (Å²) in [4.78, 5) is 18.0. The van der Waals surface area contributed by atoms with Gasteiger partial charge in [0.2, 0.25) is 0 Å². The average molecular weight is 472 g/mol. The monoisotopic (exact) mass is 471 g/mol. The second-order valence-electron chi connectivity index (χ2n) is 8.68. The lowest BCUT2D eigenvalue weighted by molar-refractivity contribution is -0.0742. The van der Waals surface area contributed by atoms with E-state index < -0.39 is 18.2 Å². The molecule has 0 aliphatic carbocycles. The van der Waals surface area contributed by atoms with Crippen LogP contribution >= 0.6 is 0 Å². The summed E-state index contributed by atoms with van der Waals surface area (Å²) in [5.41, 5.74) is 6.14. The third-order valence-electron chi connectivity index (χ3n) is 6.53. The van der Waals surface area contributed by atoms with Crippen LogP contribution in [0, 0.1) is 13.8 Å². The van der Waals surface area contributed by atoms with Crippen LogP contribution in [0.25, 0.3) is 5.65 Å². The quantitative estimate of drug-likeness (QED) is 0.300. The number of hydrogen-bond donors (Lipinski definition) is 1. The minimum atomic E-state index is -0.617. The summed E-state index contributed by atoms with van der Waals surface area (Å²) in [5.74, 6) is -0.393. The van der Waals surface area contributed by atoms with Crippen molar-refractivity contribution in [3.05, 3.63) is 101 Å². The Morgan fingerprint density at radius 2 is 1.71 bits per heavy atom. The highest BCUT2D eigenvalue weighted by Crippen LogP contribution is 2.44. The molecular weight excluding hydrogens is 442 g/mol. The van der Waals surface area contributed by atoms with Gasteiger partial charge in [0.25, 0.3) is 0 Å². The Hall–Kier alpha value is -3.68. The van der Waals surface area contributed by atoms with Crippen LogP contribution in [0.1, 0.15) is 45.0 Å². The number of nitrogens with one attached hydrogen (secondary N) is 1. The van der Waals surface area contributed by atoms with Gasteiger partial charge in [-0.3, -0.25) is 0 Å². The summed E-state index contributed by atoms with van der Waals surface area (Å²) < 4.78 is 19.9. The van der Waals surface area contributed by atoms with E-state index in [1.54, 1.807) is 19.2 Å². The number of esters is 1. The molecule has 0 saturated carbocycles. The second-order valence-corrected chi connectivity index (χ2v) is 8.68. The summed E-state index contributed by atoms with van der Waals surface area (Å²) in [7, 11) is 1.64. The molecule has 1 N–H and O–H groups in total. The van der Waals surface area contributed by atoms with Gasteiger partial charge in [0.05, 0.1) is 36.2 Å². The first kappa shape index (κ1) is 23.1. The minimum Gasteiger partial charge on any atom is -0.453 e. The number of carbonyl (C=O) groups is 1. The normalized spacial score (nSPS) is 19.2. The molecule has 3 atom stereocenters. The molecule has 0 spiro atoms. The number of carbonyl (C=O) groups excluding carboxylic acids is 1. The van der Waals surface area contributed by atoms with Crippen molar-refractivity contribution in [2.45, 2.75) is 32.1 Å². The highest BCUT2D eigenvalue weighted by atomic mass is 16.6. The molecule has 0 unspecified atom stereocenters. The van der Waals surface area contributed by atoms with Crippen molar-refractivity contribution in [3.8, 4) is 0 Å². The molecule has 0 saturated heterocycles. The number of anilines is 1. The Morgan fingerprint density at radius 3 is 2.43 bits per heavy atom. The Bertz CT molecular complexity index is 1320. The fourth-order valence-corrected chi connectivity index (χ4v) is 4.60. The zero-order valence-corrected chi connectivity index (χ0v) is 20.1. The van der Waals surface area contributed by atoms with E-state index in [1.165, 1.54) is 0 Å². The number of aryl methyl sites for hydroxylation is 2. The lowest BCUT2D eigenvalue weighted by atomic mass is 9.88. The van der Waals surface area contributed by atoms with Gasteiger partial charge >= 0.3 is 5.97 Å². The number of aromatic nitrogens is 2. The minimum absolute atomic E-state index is 0.340. The van der Waals surface area contributed by atoms with Crippen LogP contribution in [-0.2, 0) is 14.2 Å². The van der Waals surface area contributed by atoms with Crippen molar-refractivity contribution in [2.75, 3.05) is 25.6 Å². The molecule has 35 heavy (non-hydrogen) atoms. The summed E-state index contributed by atoms with van der Waals surface area (Å²) >= 11 is 0. The van der Waals surface area contributed by atoms with Crippen molar-refractivity contribution in [3.63, 3.8) is 0 Å². The summed E-state index contributed by atoms with van der Waals surface area (Å²) in [6.07, 6.45) is 0.868. The van der Waals surface area contributed by atoms with Crippen molar-refractivity contribution in [1.82, 2.24) is 9.38 Å². The molecule has 7 heteroatoms. The number of fused-ring (bicyclic) bond motifs is 3. The van der Waals surface area contributed by atoms with Crippen LogP contribution in [0.15, 0.2) is 72.9 Å². The number of methoxy groups -OCH3 is 1. The van der Waals surface area contributed by atoms with Gasteiger partial charge in [-0.05, 0) is 37.6 Å². The lowest BCUT2D eigenvalue weighted by Crippen LogP contribution is -2.41. The van der Waals surface area contributed by atoms with E-state index in [-0.39, 0.29) is 6.04 Å². The maximum absolute atomic E-state index is 13.2. The molecule has 0 amide bonds. The second kappa shape index (κ2) is 9.90. The fourth-order valence-electron chi connectivity index (χ4n) is 4.60. The topological polar surface area (TPSA) is 74.1 Å². The summed E-state index contributed by atoms with van der Waals surface area (Å²) in [5, 5.41) is 3.65. The van der Waals surface area contributed by atoms with E-state index in [4.69, 9.17) is 19.2 Å².